The summed E-state index contributed by atoms with van der Waals surface area (Å²) in [6.07, 6.45) is 0.610. The Morgan fingerprint density at radius 1 is 1.19 bits per heavy atom. The first-order valence-electron chi connectivity index (χ1n) is 5.50. The summed E-state index contributed by atoms with van der Waals surface area (Å²) in [7, 11) is 0. The minimum absolute atomic E-state index is 0.171. The molecule has 84 valence electrons. The van der Waals surface area contributed by atoms with Gasteiger partial charge in [-0.05, 0) is 17.7 Å². The molecule has 2 aliphatic heterocycles. The van der Waals surface area contributed by atoms with Crippen molar-refractivity contribution in [2.75, 3.05) is 19.8 Å². The van der Waals surface area contributed by atoms with Crippen LogP contribution in [0, 0.1) is 0 Å². The topological polar surface area (TPSA) is 47.6 Å². The van der Waals surface area contributed by atoms with Gasteiger partial charge < -0.3 is 14.8 Å². The van der Waals surface area contributed by atoms with Crippen LogP contribution in [0.4, 0.5) is 0 Å². The van der Waals surface area contributed by atoms with Crippen molar-refractivity contribution in [3.05, 3.63) is 23.8 Å². The highest BCUT2D eigenvalue weighted by Crippen LogP contribution is 2.33. The van der Waals surface area contributed by atoms with Crippen molar-refractivity contribution >= 4 is 5.78 Å². The van der Waals surface area contributed by atoms with Crippen molar-refractivity contribution in [1.29, 1.82) is 0 Å². The number of carbonyl (C=O) groups is 1. The van der Waals surface area contributed by atoms with Gasteiger partial charge in [-0.2, -0.15) is 0 Å². The maximum Gasteiger partial charge on any atom is 0.161 e. The molecule has 0 amide bonds. The molecule has 1 aromatic rings. The minimum atomic E-state index is -0.171. The molecule has 16 heavy (non-hydrogen) atoms. The minimum Gasteiger partial charge on any atom is -0.486 e. The predicted octanol–water partition coefficient (Wildman–Crippen LogP) is 1.06. The molecule has 0 aliphatic carbocycles. The summed E-state index contributed by atoms with van der Waals surface area (Å²) in [6.45, 7) is 1.92. The average Bonchev–Trinajstić information content (AvgIpc) is 2.75. The zero-order valence-electron chi connectivity index (χ0n) is 8.86. The molecule has 1 unspecified atom stereocenters. The first-order valence-corrected chi connectivity index (χ1v) is 5.50. The lowest BCUT2D eigenvalue weighted by Gasteiger charge is -2.20. The van der Waals surface area contributed by atoms with Gasteiger partial charge in [-0.15, -0.1) is 0 Å². The lowest BCUT2D eigenvalue weighted by Crippen LogP contribution is -2.19. The fraction of sp³-hybridized carbons (Fsp3) is 0.417. The van der Waals surface area contributed by atoms with Crippen molar-refractivity contribution in [2.45, 2.75) is 12.5 Å². The van der Waals surface area contributed by atoms with Gasteiger partial charge in [-0.25, -0.2) is 0 Å². The summed E-state index contributed by atoms with van der Waals surface area (Å²) in [5.41, 5.74) is 0.965. The van der Waals surface area contributed by atoms with E-state index in [2.05, 4.69) is 5.32 Å². The second-order valence-corrected chi connectivity index (χ2v) is 4.01. The number of benzene rings is 1. The third-order valence-corrected chi connectivity index (χ3v) is 2.94. The van der Waals surface area contributed by atoms with Gasteiger partial charge in [0, 0.05) is 13.0 Å². The van der Waals surface area contributed by atoms with Crippen molar-refractivity contribution < 1.29 is 14.3 Å². The van der Waals surface area contributed by atoms with Gasteiger partial charge in [0.1, 0.15) is 13.2 Å². The van der Waals surface area contributed by atoms with E-state index in [1.807, 2.05) is 18.2 Å². The quantitative estimate of drug-likeness (QED) is 0.767. The molecule has 1 N–H and O–H groups in total. The molecule has 0 radical (unpaired) electrons. The Labute approximate surface area is 93.5 Å². The van der Waals surface area contributed by atoms with Gasteiger partial charge >= 0.3 is 0 Å². The molecule has 0 bridgehead atoms. The van der Waals surface area contributed by atoms with Crippen LogP contribution in [0.5, 0.6) is 11.5 Å². The van der Waals surface area contributed by atoms with E-state index in [1.165, 1.54) is 0 Å². The highest BCUT2D eigenvalue weighted by atomic mass is 16.6. The number of Topliss-reactive ketones (excluding diaryl/α,β-unsaturated/α-hetero) is 1. The van der Waals surface area contributed by atoms with Gasteiger partial charge in [0.25, 0.3) is 0 Å². The molecular formula is C12H13NO3. The van der Waals surface area contributed by atoms with Crippen LogP contribution in [0.2, 0.25) is 0 Å². The predicted molar refractivity (Wildman–Crippen MR) is 57.8 cm³/mol. The largest absolute Gasteiger partial charge is 0.486 e. The SMILES string of the molecule is O=C1CCNC1c1ccc2c(c1)OCCO2. The highest BCUT2D eigenvalue weighted by Gasteiger charge is 2.26. The van der Waals surface area contributed by atoms with Crippen LogP contribution in [0.3, 0.4) is 0 Å². The number of hydrogen-bond donors (Lipinski definition) is 1. The zero-order chi connectivity index (χ0) is 11.0. The molecule has 3 rings (SSSR count). The van der Waals surface area contributed by atoms with Crippen LogP contribution in [-0.2, 0) is 4.79 Å². The Bertz CT molecular complexity index is 430. The second-order valence-electron chi connectivity index (χ2n) is 4.01. The van der Waals surface area contributed by atoms with Crippen molar-refractivity contribution in [3.63, 3.8) is 0 Å². The Kier molecular flexibility index (Phi) is 2.29. The average molecular weight is 219 g/mol. The van der Waals surface area contributed by atoms with Crippen molar-refractivity contribution in [1.82, 2.24) is 5.32 Å². The molecular weight excluding hydrogens is 206 g/mol. The van der Waals surface area contributed by atoms with E-state index in [-0.39, 0.29) is 11.8 Å². The number of ether oxygens (including phenoxy) is 2. The van der Waals surface area contributed by atoms with Gasteiger partial charge in [0.05, 0.1) is 6.04 Å². The lowest BCUT2D eigenvalue weighted by molar-refractivity contribution is -0.118. The summed E-state index contributed by atoms with van der Waals surface area (Å²) in [5.74, 6) is 1.75. The number of ketones is 1. The number of nitrogens with one attached hydrogen (secondary N) is 1. The normalized spacial score (nSPS) is 23.5. The molecule has 4 heteroatoms. The standard InChI is InChI=1S/C12H13NO3/c14-9-3-4-13-12(9)8-1-2-10-11(7-8)16-6-5-15-10/h1-2,7,12-13H,3-6H2. The summed E-state index contributed by atoms with van der Waals surface area (Å²) in [4.78, 5) is 11.6. The van der Waals surface area contributed by atoms with Crippen LogP contribution in [-0.4, -0.2) is 25.5 Å². The first-order chi connectivity index (χ1) is 7.84. The van der Waals surface area contributed by atoms with E-state index in [0.717, 1.165) is 23.6 Å². The molecule has 2 aliphatic rings. The van der Waals surface area contributed by atoms with Crippen LogP contribution in [0.15, 0.2) is 18.2 Å². The Hall–Kier alpha value is -1.55. The summed E-state index contributed by atoms with van der Waals surface area (Å²) in [6, 6.07) is 5.52. The van der Waals surface area contributed by atoms with Gasteiger partial charge in [0.2, 0.25) is 0 Å². The lowest BCUT2D eigenvalue weighted by atomic mass is 10.0. The Morgan fingerprint density at radius 2 is 2.00 bits per heavy atom. The maximum atomic E-state index is 11.6. The molecule has 0 spiro atoms. The molecule has 1 aromatic carbocycles. The fourth-order valence-electron chi connectivity index (χ4n) is 2.14. The number of rotatable bonds is 1. The number of hydrogen-bond acceptors (Lipinski definition) is 4. The Morgan fingerprint density at radius 3 is 2.75 bits per heavy atom. The maximum absolute atomic E-state index is 11.6. The monoisotopic (exact) mass is 219 g/mol. The van der Waals surface area contributed by atoms with Crippen LogP contribution in [0.25, 0.3) is 0 Å². The van der Waals surface area contributed by atoms with E-state index in [4.69, 9.17) is 9.47 Å². The number of carbonyl (C=O) groups excluding carboxylic acids is 1. The summed E-state index contributed by atoms with van der Waals surface area (Å²) < 4.78 is 10.9. The molecule has 1 atom stereocenters. The Balaban J connectivity index is 1.93. The van der Waals surface area contributed by atoms with Gasteiger partial charge in [-0.3, -0.25) is 4.79 Å². The van der Waals surface area contributed by atoms with Crippen molar-refractivity contribution in [2.24, 2.45) is 0 Å². The van der Waals surface area contributed by atoms with Crippen LogP contribution in [0.1, 0.15) is 18.0 Å². The molecule has 0 aromatic heterocycles. The van der Waals surface area contributed by atoms with Crippen molar-refractivity contribution in [3.8, 4) is 11.5 Å². The first kappa shape index (κ1) is 9.66. The smallest absolute Gasteiger partial charge is 0.161 e. The van der Waals surface area contributed by atoms with E-state index in [9.17, 15) is 4.79 Å². The molecule has 4 nitrogen and oxygen atoms in total. The number of fused-ring (bicyclic) bond motifs is 1. The summed E-state index contributed by atoms with van der Waals surface area (Å²) in [5, 5.41) is 3.18. The molecule has 0 saturated carbocycles. The molecule has 1 fully saturated rings. The van der Waals surface area contributed by atoms with Gasteiger partial charge in [-0.1, -0.05) is 6.07 Å². The molecule has 1 saturated heterocycles. The third-order valence-electron chi connectivity index (χ3n) is 2.94. The van der Waals surface area contributed by atoms with Crippen LogP contribution < -0.4 is 14.8 Å². The fourth-order valence-corrected chi connectivity index (χ4v) is 2.14. The third kappa shape index (κ3) is 1.55. The highest BCUT2D eigenvalue weighted by molar-refractivity contribution is 5.87. The molecule has 2 heterocycles. The van der Waals surface area contributed by atoms with Crippen LogP contribution >= 0.6 is 0 Å². The van der Waals surface area contributed by atoms with E-state index >= 15 is 0 Å². The second kappa shape index (κ2) is 3.79. The zero-order valence-corrected chi connectivity index (χ0v) is 8.86. The van der Waals surface area contributed by atoms with E-state index in [1.54, 1.807) is 0 Å². The van der Waals surface area contributed by atoms with E-state index in [0.29, 0.717) is 19.6 Å². The van der Waals surface area contributed by atoms with Gasteiger partial charge in [0.15, 0.2) is 17.3 Å². The van der Waals surface area contributed by atoms with E-state index < -0.39 is 0 Å². The summed E-state index contributed by atoms with van der Waals surface area (Å²) >= 11 is 0.